The first-order valence-electron chi connectivity index (χ1n) is 5.54. The molecule has 1 N–H and O–H groups in total. The van der Waals surface area contributed by atoms with Crippen LogP contribution in [0.4, 0.5) is 4.39 Å². The van der Waals surface area contributed by atoms with Crippen LogP contribution in [0.1, 0.15) is 17.2 Å². The van der Waals surface area contributed by atoms with Gasteiger partial charge in [0.05, 0.1) is 11.1 Å². The second-order valence-electron chi connectivity index (χ2n) is 4.13. The summed E-state index contributed by atoms with van der Waals surface area (Å²) in [5.74, 6) is -0.314. The molecule has 0 radical (unpaired) electrons. The number of rotatable bonds is 3. The molecular weight excluding hydrogens is 445 g/mol. The fourth-order valence-electron chi connectivity index (χ4n) is 1.75. The van der Waals surface area contributed by atoms with Gasteiger partial charge >= 0.3 is 0 Å². The number of halogens is 4. The molecule has 0 amide bonds. The van der Waals surface area contributed by atoms with Crippen LogP contribution < -0.4 is 0 Å². The molecule has 1 unspecified atom stereocenters. The molecule has 2 aromatic rings. The summed E-state index contributed by atoms with van der Waals surface area (Å²) < 4.78 is 14.9. The van der Waals surface area contributed by atoms with Crippen molar-refractivity contribution in [1.29, 1.82) is 0 Å². The van der Waals surface area contributed by atoms with Gasteiger partial charge in [-0.2, -0.15) is 0 Å². The van der Waals surface area contributed by atoms with Gasteiger partial charge in [-0.3, -0.25) is 0 Å². The summed E-state index contributed by atoms with van der Waals surface area (Å²) in [6, 6.07) is 9.84. The molecule has 2 rings (SSSR count). The average Bonchev–Trinajstić information content (AvgIpc) is 2.37. The Morgan fingerprint density at radius 1 is 1.26 bits per heavy atom. The molecule has 0 heterocycles. The highest BCUT2D eigenvalue weighted by Gasteiger charge is 2.12. The van der Waals surface area contributed by atoms with Crippen LogP contribution in [0.2, 0.25) is 5.02 Å². The Morgan fingerprint density at radius 2 is 2.00 bits per heavy atom. The summed E-state index contributed by atoms with van der Waals surface area (Å²) in [6.07, 6.45) is -0.387. The van der Waals surface area contributed by atoms with E-state index in [1.807, 2.05) is 12.1 Å². The summed E-state index contributed by atoms with van der Waals surface area (Å²) >= 11 is 11.5. The molecule has 2 aromatic carbocycles. The first kappa shape index (κ1) is 15.2. The minimum absolute atomic E-state index is 0.314. The van der Waals surface area contributed by atoms with Crippen molar-refractivity contribution in [1.82, 2.24) is 0 Å². The lowest BCUT2D eigenvalue weighted by Crippen LogP contribution is -2.03. The minimum atomic E-state index is -0.715. The largest absolute Gasteiger partial charge is 0.388 e. The highest BCUT2D eigenvalue weighted by molar-refractivity contribution is 14.1. The molecule has 5 heteroatoms. The van der Waals surface area contributed by atoms with Gasteiger partial charge in [-0.1, -0.05) is 33.6 Å². The van der Waals surface area contributed by atoms with Crippen LogP contribution >= 0.6 is 50.1 Å². The maximum Gasteiger partial charge on any atom is 0.123 e. The van der Waals surface area contributed by atoms with Gasteiger partial charge in [0.15, 0.2) is 0 Å². The molecule has 0 aliphatic rings. The number of benzene rings is 2. The van der Waals surface area contributed by atoms with Gasteiger partial charge < -0.3 is 5.11 Å². The highest BCUT2D eigenvalue weighted by Crippen LogP contribution is 2.27. The van der Waals surface area contributed by atoms with Crippen molar-refractivity contribution in [2.75, 3.05) is 0 Å². The standard InChI is InChI=1S/C14H10BrClFIO/c15-11-3-2-10(17)5-9(11)7-14(19)8-1-4-13(18)12(16)6-8/h1-6,14,19H,7H2. The SMILES string of the molecule is OC(Cc1cc(F)ccc1Br)c1ccc(I)c(Cl)c1. The fraction of sp³-hybridized carbons (Fsp3) is 0.143. The predicted molar refractivity (Wildman–Crippen MR) is 86.9 cm³/mol. The van der Waals surface area contributed by atoms with E-state index in [9.17, 15) is 9.50 Å². The van der Waals surface area contributed by atoms with Crippen molar-refractivity contribution in [2.45, 2.75) is 12.5 Å². The van der Waals surface area contributed by atoms with Crippen molar-refractivity contribution < 1.29 is 9.50 Å². The predicted octanol–water partition coefficient (Wildman–Crippen LogP) is 5.12. The molecule has 0 aliphatic heterocycles. The molecular formula is C14H10BrClFIO. The van der Waals surface area contributed by atoms with Gasteiger partial charge in [0.25, 0.3) is 0 Å². The Kier molecular flexibility index (Phi) is 5.22. The Bertz CT molecular complexity index is 606. The zero-order valence-electron chi connectivity index (χ0n) is 9.71. The van der Waals surface area contributed by atoms with Gasteiger partial charge in [0.1, 0.15) is 5.82 Å². The smallest absolute Gasteiger partial charge is 0.123 e. The maximum absolute atomic E-state index is 13.2. The van der Waals surface area contributed by atoms with Crippen molar-refractivity contribution in [3.05, 3.63) is 66.4 Å². The molecule has 0 aromatic heterocycles. The Balaban J connectivity index is 2.22. The zero-order valence-corrected chi connectivity index (χ0v) is 14.2. The highest BCUT2D eigenvalue weighted by atomic mass is 127. The van der Waals surface area contributed by atoms with E-state index < -0.39 is 6.10 Å². The normalized spacial score (nSPS) is 12.5. The van der Waals surface area contributed by atoms with Crippen molar-refractivity contribution in [3.63, 3.8) is 0 Å². The Hall–Kier alpha value is -0.170. The Labute approximate surface area is 138 Å². The average molecular weight is 455 g/mol. The number of aliphatic hydroxyl groups is 1. The molecule has 0 aliphatic carbocycles. The quantitative estimate of drug-likeness (QED) is 0.637. The summed E-state index contributed by atoms with van der Waals surface area (Å²) in [4.78, 5) is 0. The van der Waals surface area contributed by atoms with Crippen molar-refractivity contribution >= 4 is 50.1 Å². The molecule has 1 atom stereocenters. The topological polar surface area (TPSA) is 20.2 Å². The molecule has 0 saturated carbocycles. The molecule has 0 fully saturated rings. The van der Waals surface area contributed by atoms with Gasteiger partial charge in [-0.25, -0.2) is 4.39 Å². The third kappa shape index (κ3) is 3.90. The summed E-state index contributed by atoms with van der Waals surface area (Å²) in [5, 5.41) is 10.8. The minimum Gasteiger partial charge on any atom is -0.388 e. The summed E-state index contributed by atoms with van der Waals surface area (Å²) in [6.45, 7) is 0. The van der Waals surface area contributed by atoms with E-state index in [1.165, 1.54) is 12.1 Å². The monoisotopic (exact) mass is 454 g/mol. The van der Waals surface area contributed by atoms with Crippen LogP contribution in [0.25, 0.3) is 0 Å². The second-order valence-corrected chi connectivity index (χ2v) is 6.55. The number of hydrogen-bond donors (Lipinski definition) is 1. The van der Waals surface area contributed by atoms with Crippen LogP contribution in [0.15, 0.2) is 40.9 Å². The molecule has 0 spiro atoms. The van der Waals surface area contributed by atoms with E-state index in [1.54, 1.807) is 12.1 Å². The summed E-state index contributed by atoms with van der Waals surface area (Å²) in [7, 11) is 0. The van der Waals surface area contributed by atoms with Crippen LogP contribution in [0.5, 0.6) is 0 Å². The van der Waals surface area contributed by atoms with Gasteiger partial charge in [0, 0.05) is 14.5 Å². The van der Waals surface area contributed by atoms with Crippen molar-refractivity contribution in [2.24, 2.45) is 0 Å². The third-order valence-electron chi connectivity index (χ3n) is 2.75. The molecule has 0 saturated heterocycles. The van der Waals surface area contributed by atoms with Crippen molar-refractivity contribution in [3.8, 4) is 0 Å². The lowest BCUT2D eigenvalue weighted by molar-refractivity contribution is 0.178. The van der Waals surface area contributed by atoms with Crippen LogP contribution in [-0.4, -0.2) is 5.11 Å². The third-order valence-corrected chi connectivity index (χ3v) is 5.10. The Morgan fingerprint density at radius 3 is 2.68 bits per heavy atom. The fourth-order valence-corrected chi connectivity index (χ4v) is 2.68. The number of hydrogen-bond acceptors (Lipinski definition) is 1. The van der Waals surface area contributed by atoms with E-state index in [0.717, 1.165) is 19.2 Å². The van der Waals surface area contributed by atoms with Crippen LogP contribution in [-0.2, 0) is 6.42 Å². The molecule has 0 bridgehead atoms. The van der Waals surface area contributed by atoms with Crippen LogP contribution in [0.3, 0.4) is 0 Å². The first-order valence-corrected chi connectivity index (χ1v) is 7.79. The second kappa shape index (κ2) is 6.52. The summed E-state index contributed by atoms with van der Waals surface area (Å²) in [5.41, 5.74) is 1.45. The lowest BCUT2D eigenvalue weighted by Gasteiger charge is -2.13. The van der Waals surface area contributed by atoms with E-state index in [-0.39, 0.29) is 5.82 Å². The first-order chi connectivity index (χ1) is 8.97. The maximum atomic E-state index is 13.2. The van der Waals surface area contributed by atoms with E-state index in [2.05, 4.69) is 38.5 Å². The van der Waals surface area contributed by atoms with E-state index >= 15 is 0 Å². The molecule has 100 valence electrons. The van der Waals surface area contributed by atoms with Gasteiger partial charge in [-0.05, 0) is 64.0 Å². The molecule has 19 heavy (non-hydrogen) atoms. The van der Waals surface area contributed by atoms with E-state index in [4.69, 9.17) is 11.6 Å². The van der Waals surface area contributed by atoms with E-state index in [0.29, 0.717) is 11.4 Å². The molecule has 1 nitrogen and oxygen atoms in total. The lowest BCUT2D eigenvalue weighted by atomic mass is 10.0. The van der Waals surface area contributed by atoms with Gasteiger partial charge in [0.2, 0.25) is 0 Å². The number of aliphatic hydroxyl groups excluding tert-OH is 1. The zero-order chi connectivity index (χ0) is 14.0. The van der Waals surface area contributed by atoms with Gasteiger partial charge in [-0.15, -0.1) is 0 Å². The van der Waals surface area contributed by atoms with Crippen LogP contribution in [0, 0.1) is 9.39 Å².